The molecular formula is C12H24N2O3. The van der Waals surface area contributed by atoms with Gasteiger partial charge in [-0.25, -0.2) is 0 Å². The summed E-state index contributed by atoms with van der Waals surface area (Å²) in [6.45, 7) is 8.10. The maximum atomic E-state index is 11.7. The van der Waals surface area contributed by atoms with E-state index in [-0.39, 0.29) is 23.7 Å². The number of amides is 1. The van der Waals surface area contributed by atoms with Crippen molar-refractivity contribution < 1.29 is 14.7 Å². The Morgan fingerprint density at radius 2 is 1.88 bits per heavy atom. The Hall–Kier alpha value is -1.10. The van der Waals surface area contributed by atoms with Crippen LogP contribution in [0.1, 0.15) is 40.5 Å². The molecule has 0 rings (SSSR count). The van der Waals surface area contributed by atoms with E-state index < -0.39 is 12.0 Å². The molecule has 0 spiro atoms. The lowest BCUT2D eigenvalue weighted by Crippen LogP contribution is -2.49. The van der Waals surface area contributed by atoms with E-state index in [1.54, 1.807) is 0 Å². The lowest BCUT2D eigenvalue weighted by atomic mass is 9.87. The van der Waals surface area contributed by atoms with Gasteiger partial charge < -0.3 is 16.2 Å². The fourth-order valence-corrected chi connectivity index (χ4v) is 1.25. The van der Waals surface area contributed by atoms with Gasteiger partial charge in [0.2, 0.25) is 5.91 Å². The zero-order valence-electron chi connectivity index (χ0n) is 11.1. The summed E-state index contributed by atoms with van der Waals surface area (Å²) in [5, 5.41) is 11.3. The molecule has 5 nitrogen and oxygen atoms in total. The summed E-state index contributed by atoms with van der Waals surface area (Å²) in [5.74, 6) is -0.850. The molecule has 5 heteroatoms. The molecule has 0 aliphatic heterocycles. The Labute approximate surface area is 103 Å². The molecule has 2 atom stereocenters. The third-order valence-electron chi connectivity index (χ3n) is 2.69. The van der Waals surface area contributed by atoms with Crippen molar-refractivity contribution in [2.45, 2.75) is 46.6 Å². The van der Waals surface area contributed by atoms with Crippen molar-refractivity contribution in [3.8, 4) is 0 Å². The van der Waals surface area contributed by atoms with Crippen molar-refractivity contribution in [1.29, 1.82) is 0 Å². The average Bonchev–Trinajstić information content (AvgIpc) is 2.20. The molecule has 0 fully saturated rings. The van der Waals surface area contributed by atoms with Gasteiger partial charge in [0.15, 0.2) is 0 Å². The molecule has 0 saturated heterocycles. The third-order valence-corrected chi connectivity index (χ3v) is 2.69. The van der Waals surface area contributed by atoms with E-state index >= 15 is 0 Å². The van der Waals surface area contributed by atoms with Crippen molar-refractivity contribution in [3.63, 3.8) is 0 Å². The lowest BCUT2D eigenvalue weighted by molar-refractivity contribution is -0.137. The van der Waals surface area contributed by atoms with Crippen LogP contribution in [0, 0.1) is 11.3 Å². The van der Waals surface area contributed by atoms with Crippen LogP contribution in [0.4, 0.5) is 0 Å². The van der Waals surface area contributed by atoms with Gasteiger partial charge in [0.1, 0.15) is 0 Å². The molecule has 0 aromatic rings. The van der Waals surface area contributed by atoms with Crippen LogP contribution in [0.5, 0.6) is 0 Å². The molecule has 0 radical (unpaired) electrons. The summed E-state index contributed by atoms with van der Waals surface area (Å²) in [6.07, 6.45) is 0.683. The Morgan fingerprint density at radius 1 is 1.35 bits per heavy atom. The summed E-state index contributed by atoms with van der Waals surface area (Å²) >= 11 is 0. The molecule has 0 saturated carbocycles. The number of aliphatic carboxylic acids is 1. The highest BCUT2D eigenvalue weighted by Gasteiger charge is 2.27. The van der Waals surface area contributed by atoms with E-state index in [2.05, 4.69) is 5.32 Å². The first-order valence-corrected chi connectivity index (χ1v) is 5.89. The van der Waals surface area contributed by atoms with Gasteiger partial charge in [0.25, 0.3) is 0 Å². The number of carboxylic acid groups (broad SMARTS) is 1. The Bertz CT molecular complexity index is 271. The second kappa shape index (κ2) is 6.59. The van der Waals surface area contributed by atoms with Crippen LogP contribution >= 0.6 is 0 Å². The quantitative estimate of drug-likeness (QED) is 0.649. The maximum absolute atomic E-state index is 11.7. The van der Waals surface area contributed by atoms with Gasteiger partial charge >= 0.3 is 5.97 Å². The monoisotopic (exact) mass is 244 g/mol. The second-order valence-electron chi connectivity index (χ2n) is 5.63. The van der Waals surface area contributed by atoms with Crippen LogP contribution in [0.3, 0.4) is 0 Å². The number of nitrogens with two attached hydrogens (primary N) is 1. The number of rotatable bonds is 6. The van der Waals surface area contributed by atoms with Gasteiger partial charge in [-0.3, -0.25) is 9.59 Å². The van der Waals surface area contributed by atoms with E-state index in [0.29, 0.717) is 13.0 Å². The highest BCUT2D eigenvalue weighted by Crippen LogP contribution is 2.17. The first-order valence-electron chi connectivity index (χ1n) is 5.89. The van der Waals surface area contributed by atoms with E-state index in [1.165, 1.54) is 0 Å². The number of hydrogen-bond donors (Lipinski definition) is 3. The molecule has 0 aromatic heterocycles. The van der Waals surface area contributed by atoms with Gasteiger partial charge in [0.05, 0.1) is 6.04 Å². The third kappa shape index (κ3) is 6.94. The van der Waals surface area contributed by atoms with Gasteiger partial charge in [0, 0.05) is 13.0 Å². The molecule has 1 amide bonds. The van der Waals surface area contributed by atoms with Crippen molar-refractivity contribution >= 4 is 11.9 Å². The van der Waals surface area contributed by atoms with Gasteiger partial charge in [-0.1, -0.05) is 27.7 Å². The molecule has 0 bridgehead atoms. The minimum Gasteiger partial charge on any atom is -0.481 e. The van der Waals surface area contributed by atoms with Crippen LogP contribution in [0.2, 0.25) is 0 Å². The fourth-order valence-electron chi connectivity index (χ4n) is 1.25. The second-order valence-corrected chi connectivity index (χ2v) is 5.63. The predicted molar refractivity (Wildman–Crippen MR) is 66.5 cm³/mol. The molecule has 100 valence electrons. The summed E-state index contributed by atoms with van der Waals surface area (Å²) in [7, 11) is 0. The molecular weight excluding hydrogens is 220 g/mol. The summed E-state index contributed by atoms with van der Waals surface area (Å²) < 4.78 is 0. The van der Waals surface area contributed by atoms with E-state index in [1.807, 2.05) is 27.7 Å². The fraction of sp³-hybridized carbons (Fsp3) is 0.833. The summed E-state index contributed by atoms with van der Waals surface area (Å²) in [6, 6.07) is -0.547. The van der Waals surface area contributed by atoms with Crippen LogP contribution in [0.15, 0.2) is 0 Å². The normalized spacial score (nSPS) is 15.1. The minimum absolute atomic E-state index is 0.127. The van der Waals surface area contributed by atoms with E-state index in [4.69, 9.17) is 10.8 Å². The van der Waals surface area contributed by atoms with Crippen LogP contribution in [-0.2, 0) is 9.59 Å². The minimum atomic E-state index is -0.811. The number of carbonyl (C=O) groups excluding carboxylic acids is 1. The molecule has 0 heterocycles. The molecule has 0 aromatic carbocycles. The van der Waals surface area contributed by atoms with Crippen molar-refractivity contribution in [3.05, 3.63) is 0 Å². The molecule has 2 unspecified atom stereocenters. The molecule has 17 heavy (non-hydrogen) atoms. The number of carbonyl (C=O) groups is 2. The summed E-state index contributed by atoms with van der Waals surface area (Å²) in [5.41, 5.74) is 5.53. The SMILES string of the molecule is CC(CCC(=O)O)CNC(=O)C(N)C(C)(C)C. The Morgan fingerprint density at radius 3 is 2.29 bits per heavy atom. The lowest BCUT2D eigenvalue weighted by Gasteiger charge is -2.26. The molecule has 0 aliphatic carbocycles. The van der Waals surface area contributed by atoms with Crippen molar-refractivity contribution in [1.82, 2.24) is 5.32 Å². The van der Waals surface area contributed by atoms with Crippen LogP contribution < -0.4 is 11.1 Å². The molecule has 4 N–H and O–H groups in total. The Kier molecular flexibility index (Phi) is 6.16. The average molecular weight is 244 g/mol. The van der Waals surface area contributed by atoms with Crippen LogP contribution in [-0.4, -0.2) is 29.6 Å². The van der Waals surface area contributed by atoms with Gasteiger partial charge in [-0.05, 0) is 17.8 Å². The number of carboxylic acids is 1. The topological polar surface area (TPSA) is 92.4 Å². The van der Waals surface area contributed by atoms with Gasteiger partial charge in [-0.15, -0.1) is 0 Å². The molecule has 0 aliphatic rings. The standard InChI is InChI=1S/C12H24N2O3/c1-8(5-6-9(15)16)7-14-11(17)10(13)12(2,3)4/h8,10H,5-7,13H2,1-4H3,(H,14,17)(H,15,16). The maximum Gasteiger partial charge on any atom is 0.303 e. The zero-order valence-corrected chi connectivity index (χ0v) is 11.1. The smallest absolute Gasteiger partial charge is 0.303 e. The largest absolute Gasteiger partial charge is 0.481 e. The predicted octanol–water partition coefficient (Wildman–Crippen LogP) is 0.977. The van der Waals surface area contributed by atoms with Crippen molar-refractivity contribution in [2.75, 3.05) is 6.54 Å². The van der Waals surface area contributed by atoms with Gasteiger partial charge in [-0.2, -0.15) is 0 Å². The Balaban J connectivity index is 3.95. The summed E-state index contributed by atoms with van der Waals surface area (Å²) in [4.78, 5) is 22.1. The highest BCUT2D eigenvalue weighted by molar-refractivity contribution is 5.82. The van der Waals surface area contributed by atoms with Crippen LogP contribution in [0.25, 0.3) is 0 Å². The zero-order chi connectivity index (χ0) is 13.6. The van der Waals surface area contributed by atoms with Crippen molar-refractivity contribution in [2.24, 2.45) is 17.1 Å². The number of nitrogens with one attached hydrogen (secondary N) is 1. The first kappa shape index (κ1) is 15.9. The first-order chi connectivity index (χ1) is 7.64. The number of hydrogen-bond acceptors (Lipinski definition) is 3. The van der Waals surface area contributed by atoms with E-state index in [9.17, 15) is 9.59 Å². The van der Waals surface area contributed by atoms with E-state index in [0.717, 1.165) is 0 Å². The highest BCUT2D eigenvalue weighted by atomic mass is 16.4.